The molecule has 2 nitrogen and oxygen atoms in total. The van der Waals surface area contributed by atoms with Gasteiger partial charge < -0.3 is 10.0 Å². The zero-order valence-corrected chi connectivity index (χ0v) is 13.9. The highest BCUT2D eigenvalue weighted by Crippen LogP contribution is 2.38. The number of hydrogen-bond acceptors (Lipinski definition) is 2. The van der Waals surface area contributed by atoms with Crippen molar-refractivity contribution < 1.29 is 5.11 Å². The average molecular weight is 314 g/mol. The van der Waals surface area contributed by atoms with Gasteiger partial charge in [-0.25, -0.2) is 0 Å². The molecule has 3 heteroatoms. The first-order valence-electron chi connectivity index (χ1n) is 7.04. The summed E-state index contributed by atoms with van der Waals surface area (Å²) in [5.41, 5.74) is 4.36. The molecule has 0 atom stereocenters. The Bertz CT molecular complexity index is 715. The number of benzene rings is 2. The molecule has 0 saturated heterocycles. The van der Waals surface area contributed by atoms with Crippen molar-refractivity contribution >= 4 is 23.4 Å². The van der Waals surface area contributed by atoms with Crippen LogP contribution in [0.15, 0.2) is 49.1 Å². The molecule has 0 aliphatic carbocycles. The maximum atomic E-state index is 10.5. The molecule has 0 spiro atoms. The largest absolute Gasteiger partial charge is 0.507 e. The van der Waals surface area contributed by atoms with Crippen molar-refractivity contribution in [2.24, 2.45) is 0 Å². The van der Waals surface area contributed by atoms with Gasteiger partial charge in [-0.2, -0.15) is 0 Å². The third kappa shape index (κ3) is 3.18. The fourth-order valence-electron chi connectivity index (χ4n) is 2.31. The van der Waals surface area contributed by atoms with Crippen molar-refractivity contribution in [3.63, 3.8) is 0 Å². The van der Waals surface area contributed by atoms with Crippen molar-refractivity contribution in [3.05, 3.63) is 65.2 Å². The lowest BCUT2D eigenvalue weighted by atomic mass is 9.97. The molecule has 1 N–H and O–H groups in total. The van der Waals surface area contributed by atoms with Crippen LogP contribution in [-0.4, -0.2) is 19.2 Å². The summed E-state index contributed by atoms with van der Waals surface area (Å²) < 4.78 is 0. The van der Waals surface area contributed by atoms with Gasteiger partial charge in [0, 0.05) is 35.9 Å². The van der Waals surface area contributed by atoms with E-state index in [0.29, 0.717) is 5.02 Å². The van der Waals surface area contributed by atoms with Crippen molar-refractivity contribution in [2.45, 2.75) is 6.92 Å². The number of nitrogens with zero attached hydrogens (tertiary/aromatic N) is 1. The summed E-state index contributed by atoms with van der Waals surface area (Å²) in [7, 11) is 3.99. The number of phenolic OH excluding ortho intramolecular Hbond substituents is 1. The lowest BCUT2D eigenvalue weighted by molar-refractivity contribution is 0.473. The normalized spacial score (nSPS) is 10.9. The van der Waals surface area contributed by atoms with Crippen LogP contribution < -0.4 is 4.90 Å². The monoisotopic (exact) mass is 313 g/mol. The van der Waals surface area contributed by atoms with Crippen LogP contribution in [0, 0.1) is 6.92 Å². The van der Waals surface area contributed by atoms with Crippen LogP contribution in [0.2, 0.25) is 5.02 Å². The Morgan fingerprint density at radius 1 is 1.18 bits per heavy atom. The molecule has 0 saturated carbocycles. The number of phenols is 1. The second kappa shape index (κ2) is 6.71. The predicted molar refractivity (Wildman–Crippen MR) is 96.8 cm³/mol. The fraction of sp³-hybridized carbons (Fsp3) is 0.158. The standard InChI is InChI=1S/C19H20ClNO/c1-5-6-7-16-13(2)19(22)17(12-18(16)20)14-8-10-15(11-9-14)21(3)4/h5-12,22H,1H2,2-4H3/b7-6-. The topological polar surface area (TPSA) is 23.5 Å². The second-order valence-corrected chi connectivity index (χ2v) is 5.74. The summed E-state index contributed by atoms with van der Waals surface area (Å²) in [5.74, 6) is 0.255. The molecule has 0 amide bonds. The van der Waals surface area contributed by atoms with Crippen molar-refractivity contribution in [2.75, 3.05) is 19.0 Å². The summed E-state index contributed by atoms with van der Waals surface area (Å²) in [4.78, 5) is 2.03. The van der Waals surface area contributed by atoms with Gasteiger partial charge in [-0.15, -0.1) is 0 Å². The van der Waals surface area contributed by atoms with Crippen molar-refractivity contribution in [3.8, 4) is 16.9 Å². The van der Waals surface area contributed by atoms with E-state index in [9.17, 15) is 5.11 Å². The van der Waals surface area contributed by atoms with E-state index in [1.807, 2.05) is 56.3 Å². The Hall–Kier alpha value is -2.19. The zero-order chi connectivity index (χ0) is 16.3. The minimum Gasteiger partial charge on any atom is -0.507 e. The summed E-state index contributed by atoms with van der Waals surface area (Å²) >= 11 is 6.37. The molecule has 2 aromatic carbocycles. The van der Waals surface area contributed by atoms with Gasteiger partial charge in [-0.1, -0.05) is 48.5 Å². The molecule has 0 aromatic heterocycles. The number of halogens is 1. The quantitative estimate of drug-likeness (QED) is 0.776. The van der Waals surface area contributed by atoms with Gasteiger partial charge in [0.25, 0.3) is 0 Å². The molecular formula is C19H20ClNO. The Morgan fingerprint density at radius 2 is 1.82 bits per heavy atom. The highest BCUT2D eigenvalue weighted by atomic mass is 35.5. The van der Waals surface area contributed by atoms with Gasteiger partial charge in [-0.3, -0.25) is 0 Å². The van der Waals surface area contributed by atoms with E-state index in [-0.39, 0.29) is 5.75 Å². The Kier molecular flexibility index (Phi) is 4.94. The first-order valence-corrected chi connectivity index (χ1v) is 7.42. The maximum Gasteiger partial charge on any atom is 0.127 e. The molecular weight excluding hydrogens is 294 g/mol. The van der Waals surface area contributed by atoms with Crippen molar-refractivity contribution in [1.29, 1.82) is 0 Å². The SMILES string of the molecule is C=C/C=C\c1c(Cl)cc(-c2ccc(N(C)C)cc2)c(O)c1C. The summed E-state index contributed by atoms with van der Waals surface area (Å²) in [6.45, 7) is 5.51. The van der Waals surface area contributed by atoms with Crippen LogP contribution in [0.5, 0.6) is 5.75 Å². The third-order valence-electron chi connectivity index (χ3n) is 3.64. The number of anilines is 1. The Morgan fingerprint density at radius 3 is 2.36 bits per heavy atom. The first-order chi connectivity index (χ1) is 10.5. The van der Waals surface area contributed by atoms with Crippen LogP contribution in [0.1, 0.15) is 11.1 Å². The number of rotatable bonds is 4. The van der Waals surface area contributed by atoms with E-state index in [0.717, 1.165) is 27.9 Å². The predicted octanol–water partition coefficient (Wildman–Crippen LogP) is 5.29. The van der Waals surface area contributed by atoms with E-state index in [4.69, 9.17) is 11.6 Å². The van der Waals surface area contributed by atoms with Gasteiger partial charge in [0.1, 0.15) is 5.75 Å². The molecule has 2 rings (SSSR count). The highest BCUT2D eigenvalue weighted by Gasteiger charge is 2.13. The molecule has 114 valence electrons. The van der Waals surface area contributed by atoms with E-state index in [2.05, 4.69) is 6.58 Å². The number of allylic oxidation sites excluding steroid dienone is 2. The lowest BCUT2D eigenvalue weighted by Gasteiger charge is -2.15. The molecule has 0 aliphatic rings. The molecule has 0 unspecified atom stereocenters. The van der Waals surface area contributed by atoms with Gasteiger partial charge in [0.2, 0.25) is 0 Å². The van der Waals surface area contributed by atoms with Crippen LogP contribution in [0.3, 0.4) is 0 Å². The molecule has 0 heterocycles. The summed E-state index contributed by atoms with van der Waals surface area (Å²) in [6.07, 6.45) is 5.34. The summed E-state index contributed by atoms with van der Waals surface area (Å²) in [5, 5.41) is 11.1. The molecule has 0 fully saturated rings. The molecule has 22 heavy (non-hydrogen) atoms. The third-order valence-corrected chi connectivity index (χ3v) is 3.95. The van der Waals surface area contributed by atoms with E-state index in [1.165, 1.54) is 0 Å². The smallest absolute Gasteiger partial charge is 0.127 e. The van der Waals surface area contributed by atoms with Gasteiger partial charge in [0.05, 0.1) is 0 Å². The van der Waals surface area contributed by atoms with Crippen LogP contribution in [0.25, 0.3) is 17.2 Å². The first kappa shape index (κ1) is 16.2. The fourth-order valence-corrected chi connectivity index (χ4v) is 2.62. The van der Waals surface area contributed by atoms with Gasteiger partial charge >= 0.3 is 0 Å². The molecule has 2 aromatic rings. The maximum absolute atomic E-state index is 10.5. The Balaban J connectivity index is 2.52. The van der Waals surface area contributed by atoms with Crippen LogP contribution in [0.4, 0.5) is 5.69 Å². The minimum absolute atomic E-state index is 0.255. The zero-order valence-electron chi connectivity index (χ0n) is 13.1. The van der Waals surface area contributed by atoms with Gasteiger partial charge in [0.15, 0.2) is 0 Å². The average Bonchev–Trinajstić information content (AvgIpc) is 2.51. The number of aromatic hydroxyl groups is 1. The molecule has 0 bridgehead atoms. The second-order valence-electron chi connectivity index (χ2n) is 5.33. The van der Waals surface area contributed by atoms with Gasteiger partial charge in [-0.05, 0) is 36.2 Å². The van der Waals surface area contributed by atoms with Crippen LogP contribution >= 0.6 is 11.6 Å². The molecule has 0 radical (unpaired) electrons. The van der Waals surface area contributed by atoms with E-state index < -0.39 is 0 Å². The minimum atomic E-state index is 0.255. The van der Waals surface area contributed by atoms with E-state index in [1.54, 1.807) is 18.2 Å². The summed E-state index contributed by atoms with van der Waals surface area (Å²) in [6, 6.07) is 9.81. The number of hydrogen-bond donors (Lipinski definition) is 1. The van der Waals surface area contributed by atoms with E-state index >= 15 is 0 Å². The highest BCUT2D eigenvalue weighted by molar-refractivity contribution is 6.32. The lowest BCUT2D eigenvalue weighted by Crippen LogP contribution is -2.07. The van der Waals surface area contributed by atoms with Crippen LogP contribution in [-0.2, 0) is 0 Å². The Labute approximate surface area is 137 Å². The van der Waals surface area contributed by atoms with Crippen molar-refractivity contribution in [1.82, 2.24) is 0 Å². The molecule has 0 aliphatic heterocycles.